The Hall–Kier alpha value is -0.520. The van der Waals surface area contributed by atoms with Crippen LogP contribution in [-0.2, 0) is 4.74 Å². The normalized spacial score (nSPS) is 30.5. The molecule has 0 N–H and O–H groups in total. The zero-order valence-corrected chi connectivity index (χ0v) is 11.2. The summed E-state index contributed by atoms with van der Waals surface area (Å²) in [5.41, 5.74) is 0. The van der Waals surface area contributed by atoms with Gasteiger partial charge in [0.25, 0.3) is 0 Å². The Bertz CT molecular complexity index is 277. The van der Waals surface area contributed by atoms with E-state index in [4.69, 9.17) is 4.74 Å². The van der Waals surface area contributed by atoms with Crippen LogP contribution in [0.5, 0.6) is 0 Å². The Kier molecular flexibility index (Phi) is 4.88. The highest BCUT2D eigenvalue weighted by Gasteiger charge is 2.31. The second-order valence-electron chi connectivity index (χ2n) is 5.23. The SMILES string of the molecule is CCC#CC1CC(OC2CCN(CC)CC2)C1. The van der Waals surface area contributed by atoms with Crippen molar-refractivity contribution >= 4 is 0 Å². The summed E-state index contributed by atoms with van der Waals surface area (Å²) >= 11 is 0. The lowest BCUT2D eigenvalue weighted by molar-refractivity contribution is -0.0842. The van der Waals surface area contributed by atoms with Gasteiger partial charge in [-0.15, -0.1) is 5.92 Å². The van der Waals surface area contributed by atoms with Gasteiger partial charge in [-0.05, 0) is 32.2 Å². The lowest BCUT2D eigenvalue weighted by atomic mass is 9.82. The molecule has 1 aliphatic heterocycles. The van der Waals surface area contributed by atoms with Gasteiger partial charge in [-0.25, -0.2) is 0 Å². The van der Waals surface area contributed by atoms with Gasteiger partial charge in [-0.1, -0.05) is 19.8 Å². The molecule has 2 rings (SSSR count). The second kappa shape index (κ2) is 6.42. The van der Waals surface area contributed by atoms with Crippen molar-refractivity contribution < 1.29 is 4.74 Å². The number of likely N-dealkylation sites (tertiary alicyclic amines) is 1. The maximum absolute atomic E-state index is 6.14. The molecule has 2 heteroatoms. The molecule has 0 atom stereocenters. The fraction of sp³-hybridized carbons (Fsp3) is 0.867. The molecule has 2 fully saturated rings. The quantitative estimate of drug-likeness (QED) is 0.697. The van der Waals surface area contributed by atoms with Crippen molar-refractivity contribution in [3.63, 3.8) is 0 Å². The van der Waals surface area contributed by atoms with Crippen LogP contribution < -0.4 is 0 Å². The van der Waals surface area contributed by atoms with Gasteiger partial charge in [-0.2, -0.15) is 0 Å². The highest BCUT2D eigenvalue weighted by atomic mass is 16.5. The fourth-order valence-electron chi connectivity index (χ4n) is 2.67. The van der Waals surface area contributed by atoms with Crippen molar-refractivity contribution in [2.75, 3.05) is 19.6 Å². The third-order valence-electron chi connectivity index (χ3n) is 3.94. The topological polar surface area (TPSA) is 12.5 Å². The summed E-state index contributed by atoms with van der Waals surface area (Å²) in [4.78, 5) is 2.51. The molecule has 2 nitrogen and oxygen atoms in total. The van der Waals surface area contributed by atoms with E-state index >= 15 is 0 Å². The van der Waals surface area contributed by atoms with Crippen LogP contribution in [0.1, 0.15) is 46.0 Å². The van der Waals surface area contributed by atoms with Gasteiger partial charge in [0.05, 0.1) is 12.2 Å². The minimum Gasteiger partial charge on any atom is -0.375 e. The van der Waals surface area contributed by atoms with E-state index in [1.165, 1.54) is 45.3 Å². The second-order valence-corrected chi connectivity index (χ2v) is 5.23. The van der Waals surface area contributed by atoms with Crippen LogP contribution in [0.25, 0.3) is 0 Å². The molecule has 0 unspecified atom stereocenters. The molecule has 1 aliphatic carbocycles. The third-order valence-corrected chi connectivity index (χ3v) is 3.94. The van der Waals surface area contributed by atoms with Crippen molar-refractivity contribution in [3.8, 4) is 11.8 Å². The molecular weight excluding hydrogens is 210 g/mol. The first-order valence-corrected chi connectivity index (χ1v) is 7.18. The number of rotatable bonds is 3. The standard InChI is InChI=1S/C15H25NO/c1-3-5-6-13-11-15(12-13)17-14-7-9-16(4-2)10-8-14/h13-15H,3-4,7-12H2,1-2H3. The lowest BCUT2D eigenvalue weighted by Crippen LogP contribution is -2.41. The fourth-order valence-corrected chi connectivity index (χ4v) is 2.67. The van der Waals surface area contributed by atoms with Crippen LogP contribution in [0.15, 0.2) is 0 Å². The van der Waals surface area contributed by atoms with E-state index < -0.39 is 0 Å². The molecule has 1 saturated heterocycles. The number of hydrogen-bond acceptors (Lipinski definition) is 2. The number of nitrogens with zero attached hydrogens (tertiary/aromatic N) is 1. The van der Waals surface area contributed by atoms with Crippen molar-refractivity contribution in [1.82, 2.24) is 4.90 Å². The molecular formula is C15H25NO. The summed E-state index contributed by atoms with van der Waals surface area (Å²) in [7, 11) is 0. The van der Waals surface area contributed by atoms with Crippen LogP contribution in [0, 0.1) is 17.8 Å². The molecule has 1 saturated carbocycles. The highest BCUT2D eigenvalue weighted by Crippen LogP contribution is 2.31. The predicted molar refractivity (Wildman–Crippen MR) is 70.8 cm³/mol. The largest absolute Gasteiger partial charge is 0.375 e. The van der Waals surface area contributed by atoms with Gasteiger partial charge in [-0.3, -0.25) is 0 Å². The van der Waals surface area contributed by atoms with Crippen molar-refractivity contribution in [3.05, 3.63) is 0 Å². The van der Waals surface area contributed by atoms with Gasteiger partial charge in [0.15, 0.2) is 0 Å². The summed E-state index contributed by atoms with van der Waals surface area (Å²) in [5, 5.41) is 0. The average molecular weight is 235 g/mol. The monoisotopic (exact) mass is 235 g/mol. The van der Waals surface area contributed by atoms with Gasteiger partial charge < -0.3 is 9.64 Å². The highest BCUT2D eigenvalue weighted by molar-refractivity contribution is 5.08. The molecule has 2 aliphatic rings. The van der Waals surface area contributed by atoms with Crippen LogP contribution in [0.4, 0.5) is 0 Å². The Morgan fingerprint density at radius 3 is 2.41 bits per heavy atom. The first-order chi connectivity index (χ1) is 8.31. The minimum atomic E-state index is 0.504. The lowest BCUT2D eigenvalue weighted by Gasteiger charge is -2.38. The first kappa shape index (κ1) is 12.9. The molecule has 0 radical (unpaired) electrons. The molecule has 0 spiro atoms. The number of hydrogen-bond donors (Lipinski definition) is 0. The molecule has 0 aromatic heterocycles. The Morgan fingerprint density at radius 1 is 1.12 bits per heavy atom. The first-order valence-electron chi connectivity index (χ1n) is 7.18. The Morgan fingerprint density at radius 2 is 1.82 bits per heavy atom. The van der Waals surface area contributed by atoms with E-state index in [1.54, 1.807) is 0 Å². The maximum atomic E-state index is 6.14. The van der Waals surface area contributed by atoms with Gasteiger partial charge in [0.2, 0.25) is 0 Å². The van der Waals surface area contributed by atoms with Crippen molar-refractivity contribution in [2.24, 2.45) is 5.92 Å². The van der Waals surface area contributed by atoms with Crippen LogP contribution in [0.3, 0.4) is 0 Å². The molecule has 0 aromatic rings. The van der Waals surface area contributed by atoms with E-state index in [-0.39, 0.29) is 0 Å². The number of piperidine rings is 1. The molecule has 17 heavy (non-hydrogen) atoms. The van der Waals surface area contributed by atoms with E-state index in [1.807, 2.05) is 0 Å². The Balaban J connectivity index is 1.61. The van der Waals surface area contributed by atoms with Gasteiger partial charge >= 0.3 is 0 Å². The van der Waals surface area contributed by atoms with Crippen LogP contribution >= 0.6 is 0 Å². The summed E-state index contributed by atoms with van der Waals surface area (Å²) in [5.74, 6) is 7.11. The molecule has 0 bridgehead atoms. The zero-order chi connectivity index (χ0) is 12.1. The van der Waals surface area contributed by atoms with Gasteiger partial charge in [0.1, 0.15) is 0 Å². The van der Waals surface area contributed by atoms with E-state index in [2.05, 4.69) is 30.6 Å². The molecule has 0 aromatic carbocycles. The van der Waals surface area contributed by atoms with Gasteiger partial charge in [0, 0.05) is 25.4 Å². The van der Waals surface area contributed by atoms with E-state index in [9.17, 15) is 0 Å². The summed E-state index contributed by atoms with van der Waals surface area (Å²) in [6.45, 7) is 7.97. The number of ether oxygens (including phenoxy) is 1. The zero-order valence-electron chi connectivity index (χ0n) is 11.2. The van der Waals surface area contributed by atoms with Crippen LogP contribution in [-0.4, -0.2) is 36.7 Å². The predicted octanol–water partition coefficient (Wildman–Crippen LogP) is 2.68. The van der Waals surface area contributed by atoms with Crippen molar-refractivity contribution in [2.45, 2.75) is 58.2 Å². The van der Waals surface area contributed by atoms with Crippen molar-refractivity contribution in [1.29, 1.82) is 0 Å². The maximum Gasteiger partial charge on any atom is 0.0603 e. The summed E-state index contributed by atoms with van der Waals surface area (Å²) in [6.07, 6.45) is 6.78. The molecule has 0 amide bonds. The van der Waals surface area contributed by atoms with E-state index in [0.29, 0.717) is 18.1 Å². The third kappa shape index (κ3) is 3.72. The average Bonchev–Trinajstić information content (AvgIpc) is 2.32. The van der Waals surface area contributed by atoms with Crippen LogP contribution in [0.2, 0.25) is 0 Å². The minimum absolute atomic E-state index is 0.504. The smallest absolute Gasteiger partial charge is 0.0603 e. The molecule has 1 heterocycles. The van der Waals surface area contributed by atoms with E-state index in [0.717, 1.165) is 6.42 Å². The molecule has 96 valence electrons. The Labute approximate surface area is 106 Å². The summed E-state index contributed by atoms with van der Waals surface area (Å²) < 4.78 is 6.14. The summed E-state index contributed by atoms with van der Waals surface area (Å²) in [6, 6.07) is 0.